The molecule has 31 heavy (non-hydrogen) atoms. The molecular weight excluding hydrogens is 417 g/mol. The summed E-state index contributed by atoms with van der Waals surface area (Å²) < 4.78 is 50.3. The van der Waals surface area contributed by atoms with Gasteiger partial charge in [-0.05, 0) is 42.5 Å². The largest absolute Gasteiger partial charge is 0.493 e. The number of benzene rings is 2. The van der Waals surface area contributed by atoms with Crippen molar-refractivity contribution >= 4 is 17.5 Å². The number of nitrogens with zero attached hydrogens (tertiary/aromatic N) is 2. The third-order valence-electron chi connectivity index (χ3n) is 4.05. The summed E-state index contributed by atoms with van der Waals surface area (Å²) in [5.41, 5.74) is 4.55. The van der Waals surface area contributed by atoms with Gasteiger partial charge in [0.1, 0.15) is 5.75 Å². The Bertz CT molecular complexity index is 1090. The molecule has 0 saturated carbocycles. The Morgan fingerprint density at radius 1 is 1.16 bits per heavy atom. The lowest BCUT2D eigenvalue weighted by molar-refractivity contribution is -0.137. The van der Waals surface area contributed by atoms with Crippen molar-refractivity contribution < 1.29 is 32.2 Å². The Balaban J connectivity index is 1.79. The highest BCUT2D eigenvalue weighted by Crippen LogP contribution is 2.31. The Hall–Kier alpha value is -4.02. The molecule has 8 nitrogen and oxygen atoms in total. The average Bonchev–Trinajstić information content (AvgIpc) is 3.17. The van der Waals surface area contributed by atoms with Gasteiger partial charge in [-0.25, -0.2) is 4.68 Å². The number of nitrogens with one attached hydrogen (secondary N) is 1. The van der Waals surface area contributed by atoms with Crippen molar-refractivity contribution in [3.8, 4) is 17.2 Å². The quantitative estimate of drug-likeness (QED) is 0.594. The number of methoxy groups -OCH3 is 1. The molecule has 0 aliphatic rings. The van der Waals surface area contributed by atoms with E-state index in [1.54, 1.807) is 0 Å². The third kappa shape index (κ3) is 5.32. The van der Waals surface area contributed by atoms with Crippen LogP contribution in [0.15, 0.2) is 54.7 Å². The number of aromatic nitrogens is 2. The molecule has 3 N–H and O–H groups in total. The van der Waals surface area contributed by atoms with Crippen LogP contribution in [-0.4, -0.2) is 35.3 Å². The van der Waals surface area contributed by atoms with Crippen LogP contribution in [0.3, 0.4) is 0 Å². The van der Waals surface area contributed by atoms with Crippen LogP contribution in [0.4, 0.5) is 18.9 Å². The van der Waals surface area contributed by atoms with E-state index in [4.69, 9.17) is 15.2 Å². The topological polar surface area (TPSA) is 108 Å². The molecule has 0 atom stereocenters. The number of hydrogen-bond donors (Lipinski definition) is 2. The van der Waals surface area contributed by atoms with E-state index in [2.05, 4.69) is 10.4 Å². The molecule has 0 aliphatic heterocycles. The van der Waals surface area contributed by atoms with Crippen LogP contribution in [0.25, 0.3) is 5.69 Å². The molecule has 0 aliphatic carbocycles. The summed E-state index contributed by atoms with van der Waals surface area (Å²) in [7, 11) is 1.31. The first-order valence-electron chi connectivity index (χ1n) is 8.81. The molecule has 2 amide bonds. The normalized spacial score (nSPS) is 11.1. The highest BCUT2D eigenvalue weighted by Gasteiger charge is 2.30. The number of carbonyl (C=O) groups is 2. The predicted octanol–water partition coefficient (Wildman–Crippen LogP) is 3.02. The van der Waals surface area contributed by atoms with E-state index in [-0.39, 0.29) is 23.7 Å². The highest BCUT2D eigenvalue weighted by atomic mass is 19.4. The molecule has 3 rings (SSSR count). The monoisotopic (exact) mass is 434 g/mol. The maximum absolute atomic E-state index is 13.0. The molecule has 162 valence electrons. The minimum Gasteiger partial charge on any atom is -0.493 e. The number of halogens is 3. The summed E-state index contributed by atoms with van der Waals surface area (Å²) in [4.78, 5) is 23.4. The van der Waals surface area contributed by atoms with Crippen LogP contribution in [-0.2, 0) is 11.0 Å². The van der Waals surface area contributed by atoms with Gasteiger partial charge >= 0.3 is 6.18 Å². The fourth-order valence-corrected chi connectivity index (χ4v) is 2.60. The average molecular weight is 434 g/mol. The smallest absolute Gasteiger partial charge is 0.416 e. The fourth-order valence-electron chi connectivity index (χ4n) is 2.60. The van der Waals surface area contributed by atoms with Crippen molar-refractivity contribution in [2.45, 2.75) is 6.18 Å². The Labute approximate surface area is 174 Å². The van der Waals surface area contributed by atoms with Gasteiger partial charge in [-0.2, -0.15) is 18.3 Å². The molecule has 0 radical (unpaired) electrons. The summed E-state index contributed by atoms with van der Waals surface area (Å²) in [6, 6.07) is 10.6. The Morgan fingerprint density at radius 2 is 1.87 bits per heavy atom. The van der Waals surface area contributed by atoms with Gasteiger partial charge in [0.2, 0.25) is 0 Å². The predicted molar refractivity (Wildman–Crippen MR) is 104 cm³/mol. The van der Waals surface area contributed by atoms with Gasteiger partial charge in [0.25, 0.3) is 11.8 Å². The maximum atomic E-state index is 13.0. The van der Waals surface area contributed by atoms with E-state index >= 15 is 0 Å². The highest BCUT2D eigenvalue weighted by molar-refractivity contribution is 6.04. The molecule has 0 unspecified atom stereocenters. The second-order valence-electron chi connectivity index (χ2n) is 6.27. The lowest BCUT2D eigenvalue weighted by atomic mass is 10.2. The summed E-state index contributed by atoms with van der Waals surface area (Å²) >= 11 is 0. The van der Waals surface area contributed by atoms with Gasteiger partial charge in [0.15, 0.2) is 18.1 Å². The Kier molecular flexibility index (Phi) is 6.14. The molecule has 0 fully saturated rings. The van der Waals surface area contributed by atoms with Crippen molar-refractivity contribution in [2.75, 3.05) is 19.0 Å². The maximum Gasteiger partial charge on any atom is 0.416 e. The second-order valence-corrected chi connectivity index (χ2v) is 6.27. The van der Waals surface area contributed by atoms with Gasteiger partial charge in [-0.1, -0.05) is 6.07 Å². The number of hydrogen-bond acceptors (Lipinski definition) is 5. The molecular formula is C20H17F3N4O4. The van der Waals surface area contributed by atoms with E-state index in [1.807, 2.05) is 0 Å². The third-order valence-corrected chi connectivity index (χ3v) is 4.05. The number of ether oxygens (including phenoxy) is 2. The molecule has 2 aromatic carbocycles. The van der Waals surface area contributed by atoms with E-state index in [1.165, 1.54) is 49.7 Å². The van der Waals surface area contributed by atoms with Crippen molar-refractivity contribution in [3.05, 3.63) is 66.0 Å². The number of primary amides is 1. The van der Waals surface area contributed by atoms with Crippen LogP contribution in [0.1, 0.15) is 16.1 Å². The van der Waals surface area contributed by atoms with E-state index in [0.717, 1.165) is 16.8 Å². The van der Waals surface area contributed by atoms with Gasteiger partial charge in [-0.3, -0.25) is 9.59 Å². The molecule has 3 aromatic rings. The second kappa shape index (κ2) is 8.78. The lowest BCUT2D eigenvalue weighted by Gasteiger charge is -2.08. The minimum atomic E-state index is -4.51. The number of alkyl halides is 3. The number of nitrogens with two attached hydrogens (primary N) is 1. The number of anilines is 1. The van der Waals surface area contributed by atoms with Crippen molar-refractivity contribution in [3.63, 3.8) is 0 Å². The number of carbonyl (C=O) groups excluding carboxylic acids is 2. The molecule has 1 aromatic heterocycles. The summed E-state index contributed by atoms with van der Waals surface area (Å²) in [5.74, 6) is -0.797. The summed E-state index contributed by atoms with van der Waals surface area (Å²) in [6.45, 7) is -0.282. The molecule has 0 bridgehead atoms. The van der Waals surface area contributed by atoms with Gasteiger partial charge in [0.05, 0.1) is 24.6 Å². The molecule has 11 heteroatoms. The summed E-state index contributed by atoms with van der Waals surface area (Å²) in [6.07, 6.45) is -3.20. The number of rotatable bonds is 7. The zero-order valence-electron chi connectivity index (χ0n) is 16.1. The molecule has 0 saturated heterocycles. The molecule has 1 heterocycles. The minimum absolute atomic E-state index is 0.0799. The van der Waals surface area contributed by atoms with Crippen LogP contribution < -0.4 is 20.5 Å². The fraction of sp³-hybridized carbons (Fsp3) is 0.150. The van der Waals surface area contributed by atoms with E-state index < -0.39 is 23.6 Å². The zero-order chi connectivity index (χ0) is 22.6. The van der Waals surface area contributed by atoms with Gasteiger partial charge in [-0.15, -0.1) is 0 Å². The van der Waals surface area contributed by atoms with E-state index in [9.17, 15) is 22.8 Å². The van der Waals surface area contributed by atoms with Crippen molar-refractivity contribution in [1.82, 2.24) is 9.78 Å². The standard InChI is InChI=1S/C20H17F3N4O4/c1-30-16-10-27(14-4-2-3-12(9-14)20(21,22)23)26-18(16)19(29)25-13-5-7-15(8-6-13)31-11-17(24)28/h2-10H,11H2,1H3,(H2,24,28)(H,25,29). The first kappa shape index (κ1) is 21.7. The Morgan fingerprint density at radius 3 is 2.48 bits per heavy atom. The van der Waals surface area contributed by atoms with Crippen molar-refractivity contribution in [2.24, 2.45) is 5.73 Å². The first-order valence-corrected chi connectivity index (χ1v) is 8.81. The van der Waals surface area contributed by atoms with Crippen LogP contribution in [0, 0.1) is 0 Å². The lowest BCUT2D eigenvalue weighted by Crippen LogP contribution is -2.20. The van der Waals surface area contributed by atoms with E-state index in [0.29, 0.717) is 11.4 Å². The first-order chi connectivity index (χ1) is 14.7. The summed E-state index contributed by atoms with van der Waals surface area (Å²) in [5, 5.41) is 6.68. The van der Waals surface area contributed by atoms with Crippen LogP contribution in [0.2, 0.25) is 0 Å². The SMILES string of the molecule is COc1cn(-c2cccc(C(F)(F)F)c2)nc1C(=O)Nc1ccc(OCC(N)=O)cc1. The van der Waals surface area contributed by atoms with Crippen LogP contribution >= 0.6 is 0 Å². The van der Waals surface area contributed by atoms with Crippen LogP contribution in [0.5, 0.6) is 11.5 Å². The molecule has 0 spiro atoms. The van der Waals surface area contributed by atoms with Gasteiger partial charge < -0.3 is 20.5 Å². The number of amides is 2. The van der Waals surface area contributed by atoms with Crippen molar-refractivity contribution in [1.29, 1.82) is 0 Å². The zero-order valence-corrected chi connectivity index (χ0v) is 16.1. The van der Waals surface area contributed by atoms with Gasteiger partial charge in [0, 0.05) is 5.69 Å².